The maximum Gasteiger partial charge on any atom is 0.277 e. The maximum atomic E-state index is 13.0. The van der Waals surface area contributed by atoms with Crippen LogP contribution in [0.15, 0.2) is 52.6 Å². The predicted octanol–water partition coefficient (Wildman–Crippen LogP) is 4.93. The lowest BCUT2D eigenvalue weighted by Gasteiger charge is -2.10. The number of carbonyl (C=O) groups is 1. The number of hydrogen-bond donors (Lipinski definition) is 0. The highest BCUT2D eigenvalue weighted by atomic mass is 32.2. The number of nitrogens with zero attached hydrogens (tertiary/aromatic N) is 3. The highest BCUT2D eigenvalue weighted by molar-refractivity contribution is 7.99. The van der Waals surface area contributed by atoms with Gasteiger partial charge in [0.2, 0.25) is 0 Å². The summed E-state index contributed by atoms with van der Waals surface area (Å²) in [6.45, 7) is 10.1. The molecule has 3 aromatic rings. The van der Waals surface area contributed by atoms with Gasteiger partial charge in [-0.05, 0) is 51.1 Å². The van der Waals surface area contributed by atoms with Crippen molar-refractivity contribution in [2.24, 2.45) is 0 Å². The minimum Gasteiger partial charge on any atom is -0.481 e. The van der Waals surface area contributed by atoms with E-state index >= 15 is 0 Å². The Morgan fingerprint density at radius 1 is 1.34 bits per heavy atom. The van der Waals surface area contributed by atoms with E-state index in [0.29, 0.717) is 23.1 Å². The molecule has 1 atom stereocenters. The molecule has 3 rings (SSSR count). The second kappa shape index (κ2) is 9.09. The smallest absolute Gasteiger partial charge is 0.277 e. The fraction of sp³-hybridized carbons (Fsp3) is 0.286. The lowest BCUT2D eigenvalue weighted by molar-refractivity contribution is 0.102. The van der Waals surface area contributed by atoms with Gasteiger partial charge in [-0.1, -0.05) is 17.8 Å². The first-order valence-electron chi connectivity index (χ1n) is 9.08. The molecule has 29 heavy (non-hydrogen) atoms. The zero-order chi connectivity index (χ0) is 21.0. The van der Waals surface area contributed by atoms with Gasteiger partial charge >= 0.3 is 0 Å². The Kier molecular flexibility index (Phi) is 6.53. The van der Waals surface area contributed by atoms with E-state index in [-0.39, 0.29) is 23.2 Å². The van der Waals surface area contributed by atoms with Crippen LogP contribution in [0.3, 0.4) is 0 Å². The van der Waals surface area contributed by atoms with Gasteiger partial charge in [-0.2, -0.15) is 0 Å². The highest BCUT2D eigenvalue weighted by Crippen LogP contribution is 2.25. The van der Waals surface area contributed by atoms with Crippen LogP contribution < -0.4 is 4.74 Å². The summed E-state index contributed by atoms with van der Waals surface area (Å²) in [4.78, 5) is 12.6. The van der Waals surface area contributed by atoms with Crippen molar-refractivity contribution in [3.05, 3.63) is 71.6 Å². The molecule has 152 valence electrons. The molecule has 0 N–H and O–H groups in total. The number of Topliss-reactive ketones (excluding diaryl/α,β-unsaturated/α-hetero) is 1. The molecule has 1 aromatic carbocycles. The number of ketones is 1. The summed E-state index contributed by atoms with van der Waals surface area (Å²) in [5, 5.41) is 8.24. The molecule has 2 heterocycles. The molecule has 2 aromatic heterocycles. The average molecular weight is 415 g/mol. The van der Waals surface area contributed by atoms with Crippen LogP contribution in [0.5, 0.6) is 5.75 Å². The number of allylic oxidation sites excluding steroid dienone is 1. The number of aromatic nitrogens is 3. The summed E-state index contributed by atoms with van der Waals surface area (Å²) in [6, 6.07) is 7.57. The molecule has 0 radical (unpaired) electrons. The quantitative estimate of drug-likeness (QED) is 0.280. The number of hydrogen-bond acceptors (Lipinski definition) is 6. The van der Waals surface area contributed by atoms with Gasteiger partial charge in [0.1, 0.15) is 11.6 Å². The van der Waals surface area contributed by atoms with Gasteiger partial charge < -0.3 is 13.7 Å². The van der Waals surface area contributed by atoms with Crippen LogP contribution in [0.25, 0.3) is 0 Å². The van der Waals surface area contributed by atoms with E-state index in [4.69, 9.17) is 9.15 Å². The van der Waals surface area contributed by atoms with E-state index in [1.807, 2.05) is 24.5 Å². The van der Waals surface area contributed by atoms with Gasteiger partial charge in [0.15, 0.2) is 11.9 Å². The minimum atomic E-state index is -0.504. The Hall–Kier alpha value is -2.87. The fourth-order valence-corrected chi connectivity index (χ4v) is 3.56. The van der Waals surface area contributed by atoms with Gasteiger partial charge in [0.25, 0.3) is 11.1 Å². The van der Waals surface area contributed by atoms with Gasteiger partial charge in [-0.3, -0.25) is 4.79 Å². The van der Waals surface area contributed by atoms with Crippen molar-refractivity contribution in [1.82, 2.24) is 14.8 Å². The van der Waals surface area contributed by atoms with E-state index in [0.717, 1.165) is 11.4 Å². The van der Waals surface area contributed by atoms with Crippen molar-refractivity contribution in [1.29, 1.82) is 0 Å². The minimum absolute atomic E-state index is 0.00577. The third-order valence-corrected chi connectivity index (χ3v) is 5.23. The summed E-state index contributed by atoms with van der Waals surface area (Å²) in [5.41, 5.74) is 2.62. The van der Waals surface area contributed by atoms with Gasteiger partial charge in [0.05, 0.1) is 5.75 Å². The second-order valence-electron chi connectivity index (χ2n) is 6.52. The summed E-state index contributed by atoms with van der Waals surface area (Å²) >= 11 is 1.18. The number of halogens is 1. The maximum absolute atomic E-state index is 13.0. The molecule has 6 nitrogen and oxygen atoms in total. The van der Waals surface area contributed by atoms with Crippen molar-refractivity contribution >= 4 is 17.5 Å². The van der Waals surface area contributed by atoms with E-state index in [1.54, 1.807) is 13.0 Å². The first kappa shape index (κ1) is 20.9. The van der Waals surface area contributed by atoms with E-state index < -0.39 is 6.10 Å². The Labute approximate surface area is 172 Å². The van der Waals surface area contributed by atoms with Crippen LogP contribution in [-0.4, -0.2) is 26.3 Å². The molecule has 0 fully saturated rings. The lowest BCUT2D eigenvalue weighted by Crippen LogP contribution is -2.06. The van der Waals surface area contributed by atoms with Crippen LogP contribution in [0.1, 0.15) is 40.7 Å². The normalized spacial score (nSPS) is 12.0. The van der Waals surface area contributed by atoms with Crippen LogP contribution in [0, 0.1) is 19.7 Å². The first-order valence-corrected chi connectivity index (χ1v) is 10.1. The Morgan fingerprint density at radius 3 is 2.76 bits per heavy atom. The first-order chi connectivity index (χ1) is 13.9. The molecule has 0 saturated carbocycles. The molecule has 0 aliphatic rings. The summed E-state index contributed by atoms with van der Waals surface area (Å²) < 4.78 is 26.3. The van der Waals surface area contributed by atoms with E-state index in [1.165, 1.54) is 36.0 Å². The molecule has 0 spiro atoms. The van der Waals surface area contributed by atoms with Crippen molar-refractivity contribution in [3.8, 4) is 5.75 Å². The van der Waals surface area contributed by atoms with E-state index in [2.05, 4.69) is 16.8 Å². The topological polar surface area (TPSA) is 70.2 Å². The molecular formula is C21H22FN3O3S. The SMILES string of the molecule is C=CCn1c(C)cc(C(=O)CSc2nnc([C@@H](C)Oc3ccc(F)cc3)o2)c1C. The van der Waals surface area contributed by atoms with E-state index in [9.17, 15) is 9.18 Å². The lowest BCUT2D eigenvalue weighted by atomic mass is 10.2. The molecule has 0 unspecified atom stereocenters. The van der Waals surface area contributed by atoms with Crippen LogP contribution in [0.4, 0.5) is 4.39 Å². The average Bonchev–Trinajstić information content (AvgIpc) is 3.28. The monoisotopic (exact) mass is 415 g/mol. The molecule has 0 amide bonds. The number of benzene rings is 1. The van der Waals surface area contributed by atoms with Gasteiger partial charge in [-0.15, -0.1) is 16.8 Å². The molecule has 8 heteroatoms. The van der Waals surface area contributed by atoms with Crippen LogP contribution in [-0.2, 0) is 6.54 Å². The fourth-order valence-electron chi connectivity index (χ4n) is 2.91. The second-order valence-corrected chi connectivity index (χ2v) is 7.44. The third-order valence-electron chi connectivity index (χ3n) is 4.41. The highest BCUT2D eigenvalue weighted by Gasteiger charge is 2.19. The zero-order valence-electron chi connectivity index (χ0n) is 16.5. The number of thioether (sulfide) groups is 1. The predicted molar refractivity (Wildman–Crippen MR) is 109 cm³/mol. The largest absolute Gasteiger partial charge is 0.481 e. The number of rotatable bonds is 9. The Balaban J connectivity index is 1.60. The Morgan fingerprint density at radius 2 is 2.07 bits per heavy atom. The molecule has 0 saturated heterocycles. The van der Waals surface area contributed by atoms with Gasteiger partial charge in [-0.25, -0.2) is 4.39 Å². The standard InChI is InChI=1S/C21H22FN3O3S/c1-5-10-25-13(2)11-18(14(25)3)19(26)12-29-21-24-23-20(28-21)15(4)27-17-8-6-16(22)7-9-17/h5-9,11,15H,1,10,12H2,2-4H3/t15-/m1/s1. The molecular weight excluding hydrogens is 393 g/mol. The molecule has 0 aliphatic carbocycles. The Bertz CT molecular complexity index is 1010. The number of carbonyl (C=O) groups excluding carboxylic acids is 1. The summed E-state index contributed by atoms with van der Waals surface area (Å²) in [6.07, 6.45) is 1.30. The van der Waals surface area contributed by atoms with Crippen molar-refractivity contribution in [2.45, 2.75) is 38.6 Å². The molecule has 0 bridgehead atoms. The van der Waals surface area contributed by atoms with Crippen molar-refractivity contribution in [2.75, 3.05) is 5.75 Å². The van der Waals surface area contributed by atoms with Crippen LogP contribution >= 0.6 is 11.8 Å². The van der Waals surface area contributed by atoms with Crippen molar-refractivity contribution in [3.63, 3.8) is 0 Å². The number of aryl methyl sites for hydroxylation is 1. The summed E-state index contributed by atoms with van der Waals surface area (Å²) in [7, 11) is 0. The summed E-state index contributed by atoms with van der Waals surface area (Å²) in [5.74, 6) is 0.628. The zero-order valence-corrected chi connectivity index (χ0v) is 17.3. The molecule has 0 aliphatic heterocycles. The van der Waals surface area contributed by atoms with Crippen molar-refractivity contribution < 1.29 is 18.3 Å². The van der Waals surface area contributed by atoms with Crippen LogP contribution in [0.2, 0.25) is 0 Å². The number of ether oxygens (including phenoxy) is 1. The third kappa shape index (κ3) is 4.95. The van der Waals surface area contributed by atoms with Gasteiger partial charge in [0, 0.05) is 23.5 Å².